The Morgan fingerprint density at radius 1 is 1.18 bits per heavy atom. The van der Waals surface area contributed by atoms with Crippen molar-refractivity contribution in [2.75, 3.05) is 25.6 Å². The summed E-state index contributed by atoms with van der Waals surface area (Å²) in [5, 5.41) is 0.629. The molecule has 2 aromatic carbocycles. The van der Waals surface area contributed by atoms with Crippen LogP contribution in [0.3, 0.4) is 0 Å². The van der Waals surface area contributed by atoms with Crippen molar-refractivity contribution in [2.24, 2.45) is 4.99 Å². The Labute approximate surface area is 200 Å². The van der Waals surface area contributed by atoms with Crippen molar-refractivity contribution in [3.05, 3.63) is 95.6 Å². The molecule has 0 spiro atoms. The van der Waals surface area contributed by atoms with Crippen molar-refractivity contribution in [3.63, 3.8) is 0 Å². The number of hydrogen-bond acceptors (Lipinski definition) is 6. The van der Waals surface area contributed by atoms with Gasteiger partial charge in [0.05, 0.1) is 28.5 Å². The largest absolute Gasteiger partial charge is 0.463 e. The summed E-state index contributed by atoms with van der Waals surface area (Å²) < 4.78 is 7.46. The molecule has 4 rings (SSSR count). The van der Waals surface area contributed by atoms with Crippen LogP contribution in [0.1, 0.15) is 31.0 Å². The fourth-order valence-electron chi connectivity index (χ4n) is 3.77. The number of anilines is 1. The maximum absolute atomic E-state index is 13.5. The summed E-state index contributed by atoms with van der Waals surface area (Å²) in [6.07, 6.45) is 1.82. The second-order valence-electron chi connectivity index (χ2n) is 7.84. The molecule has 0 aliphatic carbocycles. The van der Waals surface area contributed by atoms with Gasteiger partial charge in [-0.25, -0.2) is 9.79 Å². The molecule has 1 aliphatic rings. The Bertz CT molecular complexity index is 1400. The lowest BCUT2D eigenvalue weighted by Crippen LogP contribution is -2.39. The molecule has 1 aliphatic heterocycles. The van der Waals surface area contributed by atoms with Crippen LogP contribution in [-0.4, -0.2) is 31.2 Å². The number of rotatable bonds is 5. The number of allylic oxidation sites excluding steroid dienone is 1. The predicted molar refractivity (Wildman–Crippen MR) is 133 cm³/mol. The number of thiazole rings is 1. The lowest BCUT2D eigenvalue weighted by molar-refractivity contribution is -0.139. The number of aromatic nitrogens is 1. The fraction of sp³-hybridized carbons (Fsp3) is 0.240. The van der Waals surface area contributed by atoms with Crippen LogP contribution in [-0.2, 0) is 9.53 Å². The van der Waals surface area contributed by atoms with Gasteiger partial charge >= 0.3 is 5.97 Å². The van der Waals surface area contributed by atoms with E-state index in [4.69, 9.17) is 16.3 Å². The second kappa shape index (κ2) is 9.37. The molecule has 0 saturated heterocycles. The molecule has 0 saturated carbocycles. The summed E-state index contributed by atoms with van der Waals surface area (Å²) in [4.78, 5) is 33.6. The smallest absolute Gasteiger partial charge is 0.338 e. The highest BCUT2D eigenvalue weighted by atomic mass is 35.5. The monoisotopic (exact) mass is 481 g/mol. The molecule has 8 heteroatoms. The van der Waals surface area contributed by atoms with Gasteiger partial charge in [-0.3, -0.25) is 9.36 Å². The first-order valence-corrected chi connectivity index (χ1v) is 11.7. The molecule has 1 atom stereocenters. The van der Waals surface area contributed by atoms with E-state index in [1.165, 1.54) is 11.3 Å². The Kier molecular flexibility index (Phi) is 6.54. The average Bonchev–Trinajstić information content (AvgIpc) is 3.09. The minimum atomic E-state index is -0.621. The lowest BCUT2D eigenvalue weighted by atomic mass is 9.95. The van der Waals surface area contributed by atoms with E-state index in [2.05, 4.69) is 4.99 Å². The lowest BCUT2D eigenvalue weighted by Gasteiger charge is -2.25. The topological polar surface area (TPSA) is 63.9 Å². The first-order valence-electron chi connectivity index (χ1n) is 10.5. The Hall–Kier alpha value is -3.16. The molecule has 1 unspecified atom stereocenters. The molecular formula is C25H24ClN3O3S. The van der Waals surface area contributed by atoms with Gasteiger partial charge in [0, 0.05) is 24.8 Å². The summed E-state index contributed by atoms with van der Waals surface area (Å²) in [5.74, 6) is -0.465. The van der Waals surface area contributed by atoms with Gasteiger partial charge in [0.15, 0.2) is 4.80 Å². The number of halogens is 1. The van der Waals surface area contributed by atoms with Gasteiger partial charge in [-0.15, -0.1) is 0 Å². The Morgan fingerprint density at radius 2 is 1.85 bits per heavy atom. The van der Waals surface area contributed by atoms with Gasteiger partial charge in [-0.1, -0.05) is 47.2 Å². The summed E-state index contributed by atoms with van der Waals surface area (Å²) in [6, 6.07) is 14.5. The predicted octanol–water partition coefficient (Wildman–Crippen LogP) is 3.52. The van der Waals surface area contributed by atoms with Crippen LogP contribution in [0, 0.1) is 0 Å². The van der Waals surface area contributed by atoms with Gasteiger partial charge in [0.1, 0.15) is 0 Å². The molecule has 3 aromatic rings. The average molecular weight is 482 g/mol. The highest BCUT2D eigenvalue weighted by Gasteiger charge is 2.33. The molecule has 0 amide bonds. The minimum Gasteiger partial charge on any atom is -0.463 e. The number of ether oxygens (including phenoxy) is 1. The number of nitrogens with zero attached hydrogens (tertiary/aromatic N) is 3. The zero-order valence-corrected chi connectivity index (χ0v) is 20.4. The van der Waals surface area contributed by atoms with Gasteiger partial charge in [0.25, 0.3) is 5.56 Å². The molecular weight excluding hydrogens is 458 g/mol. The third-order valence-corrected chi connectivity index (χ3v) is 6.64. The zero-order valence-electron chi connectivity index (χ0n) is 18.8. The molecule has 1 aromatic heterocycles. The van der Waals surface area contributed by atoms with Crippen molar-refractivity contribution < 1.29 is 9.53 Å². The molecule has 170 valence electrons. The maximum atomic E-state index is 13.5. The van der Waals surface area contributed by atoms with E-state index in [9.17, 15) is 9.59 Å². The third kappa shape index (κ3) is 4.51. The first-order chi connectivity index (χ1) is 15.8. The molecule has 6 nitrogen and oxygen atoms in total. The van der Waals surface area contributed by atoms with Crippen molar-refractivity contribution in [1.82, 2.24) is 4.57 Å². The number of benzene rings is 2. The summed E-state index contributed by atoms with van der Waals surface area (Å²) in [5.41, 5.74) is 3.42. The van der Waals surface area contributed by atoms with Crippen LogP contribution in [0.15, 0.2) is 69.6 Å². The Balaban J connectivity index is 1.92. The van der Waals surface area contributed by atoms with Crippen LogP contribution < -0.4 is 19.8 Å². The number of hydrogen-bond donors (Lipinski definition) is 0. The minimum absolute atomic E-state index is 0.204. The summed E-state index contributed by atoms with van der Waals surface area (Å²) in [7, 11) is 3.92. The quantitative estimate of drug-likeness (QED) is 0.523. The van der Waals surface area contributed by atoms with Crippen LogP contribution >= 0.6 is 22.9 Å². The maximum Gasteiger partial charge on any atom is 0.338 e. The van der Waals surface area contributed by atoms with Crippen molar-refractivity contribution in [3.8, 4) is 0 Å². The molecule has 2 heterocycles. The summed E-state index contributed by atoms with van der Waals surface area (Å²) in [6.45, 7) is 3.78. The van der Waals surface area contributed by atoms with E-state index in [0.29, 0.717) is 25.6 Å². The number of fused-ring (bicyclic) bond motifs is 1. The van der Waals surface area contributed by atoms with Crippen LogP contribution in [0.25, 0.3) is 6.08 Å². The normalized spacial score (nSPS) is 15.8. The SMILES string of the molecule is CCOC(=O)C1=C(C)N=c2s/c(=C/c3ccc(Cl)cc3)c(=O)n2C1c1ccc(N(C)C)cc1. The molecule has 0 radical (unpaired) electrons. The molecule has 33 heavy (non-hydrogen) atoms. The standard InChI is InChI=1S/C25H24ClN3O3S/c1-5-32-24(31)21-15(2)27-25-29(22(21)17-8-12-19(13-9-17)28(3)4)23(30)20(33-25)14-16-6-10-18(26)11-7-16/h6-14,22H,5H2,1-4H3/b20-14+. The van der Waals surface area contributed by atoms with E-state index >= 15 is 0 Å². The Morgan fingerprint density at radius 3 is 2.45 bits per heavy atom. The first kappa shape index (κ1) is 23.0. The molecule has 0 bridgehead atoms. The van der Waals surface area contributed by atoms with Crippen molar-refractivity contribution >= 4 is 40.7 Å². The van der Waals surface area contributed by atoms with Crippen molar-refractivity contribution in [1.29, 1.82) is 0 Å². The van der Waals surface area contributed by atoms with Gasteiger partial charge in [-0.05, 0) is 55.3 Å². The highest BCUT2D eigenvalue weighted by Crippen LogP contribution is 2.31. The van der Waals surface area contributed by atoms with Crippen molar-refractivity contribution in [2.45, 2.75) is 19.9 Å². The van der Waals surface area contributed by atoms with Crippen LogP contribution in [0.2, 0.25) is 5.02 Å². The summed E-state index contributed by atoms with van der Waals surface area (Å²) >= 11 is 7.29. The van der Waals surface area contributed by atoms with Crippen LogP contribution in [0.5, 0.6) is 0 Å². The van der Waals surface area contributed by atoms with E-state index in [0.717, 1.165) is 16.8 Å². The van der Waals surface area contributed by atoms with Crippen LogP contribution in [0.4, 0.5) is 5.69 Å². The second-order valence-corrected chi connectivity index (χ2v) is 9.29. The third-order valence-electron chi connectivity index (χ3n) is 5.41. The highest BCUT2D eigenvalue weighted by molar-refractivity contribution is 7.07. The van der Waals surface area contributed by atoms with E-state index in [1.54, 1.807) is 30.5 Å². The fourth-order valence-corrected chi connectivity index (χ4v) is 4.94. The van der Waals surface area contributed by atoms with Gasteiger partial charge < -0.3 is 9.64 Å². The number of carbonyl (C=O) groups excluding carboxylic acids is 1. The van der Waals surface area contributed by atoms with E-state index in [1.807, 2.05) is 61.5 Å². The number of carbonyl (C=O) groups is 1. The molecule has 0 N–H and O–H groups in total. The number of esters is 1. The molecule has 0 fully saturated rings. The van der Waals surface area contributed by atoms with E-state index in [-0.39, 0.29) is 12.2 Å². The van der Waals surface area contributed by atoms with Gasteiger partial charge in [-0.2, -0.15) is 0 Å². The zero-order chi connectivity index (χ0) is 23.7. The van der Waals surface area contributed by atoms with E-state index < -0.39 is 12.0 Å². The van der Waals surface area contributed by atoms with Gasteiger partial charge in [0.2, 0.25) is 0 Å².